The Morgan fingerprint density at radius 1 is 1.29 bits per heavy atom. The number of rotatable bonds is 7. The molecular weight excluding hydrogens is 303 g/mol. The summed E-state index contributed by atoms with van der Waals surface area (Å²) >= 11 is 1.45. The third-order valence-corrected chi connectivity index (χ3v) is 3.72. The predicted molar refractivity (Wildman–Crippen MR) is 74.0 cm³/mol. The molecular formula is C14H14F3NO2S. The fraction of sp³-hybridized carbons (Fsp3) is 0.286. The van der Waals surface area contributed by atoms with E-state index >= 15 is 0 Å². The average Bonchev–Trinajstić information content (AvgIpc) is 2.95. The van der Waals surface area contributed by atoms with Gasteiger partial charge in [-0.3, -0.25) is 0 Å². The van der Waals surface area contributed by atoms with Gasteiger partial charge < -0.3 is 15.2 Å². The zero-order valence-corrected chi connectivity index (χ0v) is 11.7. The minimum Gasteiger partial charge on any atom is -0.432 e. The molecule has 0 aliphatic carbocycles. The summed E-state index contributed by atoms with van der Waals surface area (Å²) in [4.78, 5) is 0.842. The standard InChI is InChI=1S/C14H14F3NO2S/c15-10-6-9(3-4-12(10)20-14(16)17)7-18-8-11(19)13-2-1-5-21-13/h1-6,11,14,18-19H,7-8H2/t11-/m0/s1. The Labute approximate surface area is 124 Å². The molecule has 3 nitrogen and oxygen atoms in total. The van der Waals surface area contributed by atoms with Gasteiger partial charge in [0.15, 0.2) is 11.6 Å². The van der Waals surface area contributed by atoms with Crippen molar-refractivity contribution < 1.29 is 23.0 Å². The van der Waals surface area contributed by atoms with E-state index in [0.717, 1.165) is 17.0 Å². The number of thiophene rings is 1. The van der Waals surface area contributed by atoms with Gasteiger partial charge in [0.1, 0.15) is 6.10 Å². The largest absolute Gasteiger partial charge is 0.432 e. The first-order chi connectivity index (χ1) is 10.1. The lowest BCUT2D eigenvalue weighted by Gasteiger charge is -2.11. The van der Waals surface area contributed by atoms with Crippen LogP contribution in [-0.2, 0) is 6.54 Å². The molecule has 0 saturated heterocycles. The van der Waals surface area contributed by atoms with Crippen molar-refractivity contribution in [2.45, 2.75) is 19.3 Å². The lowest BCUT2D eigenvalue weighted by molar-refractivity contribution is -0.0522. The zero-order valence-electron chi connectivity index (χ0n) is 10.9. The van der Waals surface area contributed by atoms with Gasteiger partial charge >= 0.3 is 6.61 Å². The lowest BCUT2D eigenvalue weighted by atomic mass is 10.2. The molecule has 0 amide bonds. The maximum Gasteiger partial charge on any atom is 0.387 e. The molecule has 0 aliphatic heterocycles. The SMILES string of the molecule is O[C@@H](CNCc1ccc(OC(F)F)c(F)c1)c1cccs1. The van der Waals surface area contributed by atoms with Crippen LogP contribution in [0.1, 0.15) is 16.5 Å². The lowest BCUT2D eigenvalue weighted by Crippen LogP contribution is -2.20. The van der Waals surface area contributed by atoms with E-state index in [1.54, 1.807) is 0 Å². The van der Waals surface area contributed by atoms with E-state index < -0.39 is 24.3 Å². The van der Waals surface area contributed by atoms with Gasteiger partial charge in [-0.05, 0) is 29.1 Å². The van der Waals surface area contributed by atoms with E-state index in [2.05, 4.69) is 10.1 Å². The summed E-state index contributed by atoms with van der Waals surface area (Å²) in [6.45, 7) is -2.42. The molecule has 0 spiro atoms. The molecule has 7 heteroatoms. The summed E-state index contributed by atoms with van der Waals surface area (Å²) in [5.74, 6) is -1.32. The van der Waals surface area contributed by atoms with Crippen molar-refractivity contribution in [1.29, 1.82) is 0 Å². The Bertz CT molecular complexity index is 563. The minimum absolute atomic E-state index is 0.314. The number of benzene rings is 1. The van der Waals surface area contributed by atoms with Crippen LogP contribution in [0.4, 0.5) is 13.2 Å². The first-order valence-corrected chi connectivity index (χ1v) is 7.09. The van der Waals surface area contributed by atoms with Gasteiger partial charge in [0.25, 0.3) is 0 Å². The molecule has 0 fully saturated rings. The minimum atomic E-state index is -3.05. The highest BCUT2D eigenvalue weighted by molar-refractivity contribution is 7.10. The van der Waals surface area contributed by atoms with Crippen molar-refractivity contribution in [3.63, 3.8) is 0 Å². The van der Waals surface area contributed by atoms with Crippen molar-refractivity contribution in [1.82, 2.24) is 5.32 Å². The van der Waals surface area contributed by atoms with Gasteiger partial charge in [-0.25, -0.2) is 4.39 Å². The maximum atomic E-state index is 13.5. The van der Waals surface area contributed by atoms with Crippen molar-refractivity contribution in [2.24, 2.45) is 0 Å². The second kappa shape index (κ2) is 7.44. The van der Waals surface area contributed by atoms with E-state index in [-0.39, 0.29) is 0 Å². The molecule has 0 unspecified atom stereocenters. The molecule has 114 valence electrons. The van der Waals surface area contributed by atoms with Gasteiger partial charge in [0.2, 0.25) is 0 Å². The molecule has 1 aromatic carbocycles. The van der Waals surface area contributed by atoms with Crippen molar-refractivity contribution in [2.75, 3.05) is 6.54 Å². The Balaban J connectivity index is 1.85. The number of aliphatic hydroxyl groups is 1. The molecule has 0 aliphatic rings. The number of nitrogens with one attached hydrogen (secondary N) is 1. The fourth-order valence-corrected chi connectivity index (χ4v) is 2.49. The van der Waals surface area contributed by atoms with Gasteiger partial charge in [-0.1, -0.05) is 12.1 Å². The first kappa shape index (κ1) is 15.8. The Hall–Kier alpha value is -1.57. The maximum absolute atomic E-state index is 13.5. The van der Waals surface area contributed by atoms with Crippen LogP contribution in [0.2, 0.25) is 0 Å². The molecule has 1 heterocycles. The van der Waals surface area contributed by atoms with Crippen molar-refractivity contribution in [3.05, 3.63) is 52.0 Å². The number of alkyl halides is 2. The van der Waals surface area contributed by atoms with E-state index in [1.807, 2.05) is 17.5 Å². The molecule has 2 rings (SSSR count). The molecule has 2 N–H and O–H groups in total. The number of aliphatic hydroxyl groups excluding tert-OH is 1. The van der Waals surface area contributed by atoms with Gasteiger partial charge in [-0.2, -0.15) is 8.78 Å². The average molecular weight is 317 g/mol. The van der Waals surface area contributed by atoms with Crippen LogP contribution in [-0.4, -0.2) is 18.3 Å². The molecule has 2 aromatic rings. The monoisotopic (exact) mass is 317 g/mol. The quantitative estimate of drug-likeness (QED) is 0.823. The Morgan fingerprint density at radius 2 is 2.10 bits per heavy atom. The van der Waals surface area contributed by atoms with Crippen LogP contribution in [0.3, 0.4) is 0 Å². The first-order valence-electron chi connectivity index (χ1n) is 6.21. The van der Waals surface area contributed by atoms with Crippen LogP contribution in [0.5, 0.6) is 5.75 Å². The fourth-order valence-electron chi connectivity index (χ4n) is 1.78. The molecule has 1 aromatic heterocycles. The van der Waals surface area contributed by atoms with Crippen LogP contribution in [0, 0.1) is 5.82 Å². The highest BCUT2D eigenvalue weighted by Crippen LogP contribution is 2.21. The third-order valence-electron chi connectivity index (χ3n) is 2.75. The second-order valence-electron chi connectivity index (χ2n) is 4.31. The van der Waals surface area contributed by atoms with E-state index in [9.17, 15) is 18.3 Å². The highest BCUT2D eigenvalue weighted by Gasteiger charge is 2.11. The highest BCUT2D eigenvalue weighted by atomic mass is 32.1. The molecule has 1 atom stereocenters. The van der Waals surface area contributed by atoms with Crippen LogP contribution < -0.4 is 10.1 Å². The van der Waals surface area contributed by atoms with Crippen molar-refractivity contribution >= 4 is 11.3 Å². The normalized spacial score (nSPS) is 12.6. The number of ether oxygens (including phenoxy) is 1. The number of halogens is 3. The topological polar surface area (TPSA) is 41.5 Å². The van der Waals surface area contributed by atoms with E-state index in [0.29, 0.717) is 18.7 Å². The summed E-state index contributed by atoms with van der Waals surface area (Å²) in [5.41, 5.74) is 0.576. The molecule has 0 saturated carbocycles. The summed E-state index contributed by atoms with van der Waals surface area (Å²) in [7, 11) is 0. The molecule has 0 radical (unpaired) electrons. The molecule has 21 heavy (non-hydrogen) atoms. The third kappa shape index (κ3) is 4.73. The van der Waals surface area contributed by atoms with Gasteiger partial charge in [0.05, 0.1) is 0 Å². The van der Waals surface area contributed by atoms with E-state index in [4.69, 9.17) is 0 Å². The smallest absolute Gasteiger partial charge is 0.387 e. The van der Waals surface area contributed by atoms with Crippen LogP contribution >= 0.6 is 11.3 Å². The summed E-state index contributed by atoms with van der Waals surface area (Å²) in [5, 5.41) is 14.7. The number of hydrogen-bond acceptors (Lipinski definition) is 4. The number of hydrogen-bond donors (Lipinski definition) is 2. The van der Waals surface area contributed by atoms with Crippen LogP contribution in [0.25, 0.3) is 0 Å². The zero-order chi connectivity index (χ0) is 15.2. The predicted octanol–water partition coefficient (Wildman–Crippen LogP) is 3.31. The molecule has 0 bridgehead atoms. The van der Waals surface area contributed by atoms with Crippen molar-refractivity contribution in [3.8, 4) is 5.75 Å². The summed E-state index contributed by atoms with van der Waals surface area (Å²) in [6.07, 6.45) is -0.628. The van der Waals surface area contributed by atoms with Gasteiger partial charge in [-0.15, -0.1) is 11.3 Å². The summed E-state index contributed by atoms with van der Waals surface area (Å²) < 4.78 is 41.5. The Kier molecular flexibility index (Phi) is 5.60. The summed E-state index contributed by atoms with van der Waals surface area (Å²) in [6, 6.07) is 7.45. The van der Waals surface area contributed by atoms with Gasteiger partial charge in [0, 0.05) is 18.0 Å². The van der Waals surface area contributed by atoms with Crippen LogP contribution in [0.15, 0.2) is 35.7 Å². The Morgan fingerprint density at radius 3 is 2.71 bits per heavy atom. The van der Waals surface area contributed by atoms with E-state index in [1.165, 1.54) is 17.4 Å². The second-order valence-corrected chi connectivity index (χ2v) is 5.28.